The van der Waals surface area contributed by atoms with Gasteiger partial charge in [-0.15, -0.1) is 0 Å². The molecule has 0 unspecified atom stereocenters. The first-order valence-electron chi connectivity index (χ1n) is 7.26. The summed E-state index contributed by atoms with van der Waals surface area (Å²) in [5, 5.41) is 0.917. The van der Waals surface area contributed by atoms with Crippen LogP contribution in [0.15, 0.2) is 18.2 Å². The Hall–Kier alpha value is -0.490. The molecule has 0 fully saturated rings. The van der Waals surface area contributed by atoms with E-state index >= 15 is 0 Å². The van der Waals surface area contributed by atoms with Gasteiger partial charge in [-0.2, -0.15) is 0 Å². The largest absolute Gasteiger partial charge is 0.0840 e. The highest BCUT2D eigenvalue weighted by Gasteiger charge is 2.04. The van der Waals surface area contributed by atoms with Crippen molar-refractivity contribution in [1.29, 1.82) is 0 Å². The fourth-order valence-electron chi connectivity index (χ4n) is 1.42. The molecule has 1 aromatic rings. The molecule has 0 atom stereocenters. The summed E-state index contributed by atoms with van der Waals surface area (Å²) < 4.78 is 0. The zero-order valence-corrected chi connectivity index (χ0v) is 14.1. The van der Waals surface area contributed by atoms with Crippen LogP contribution >= 0.6 is 11.6 Å². The normalized spacial score (nSPS) is 9.17. The van der Waals surface area contributed by atoms with Crippen molar-refractivity contribution in [2.24, 2.45) is 5.92 Å². The summed E-state index contributed by atoms with van der Waals surface area (Å²) in [5.74, 6) is 0.746. The standard InChI is InChI=1S/C12H17Cl.C3H8.C2H6/c1-9(2)7-8-11-10(3)5-4-6-12(11)13;1-3-2;1-2/h4-6,9H,7-8H2,1-3H3;3H2,1-2H3;1-2H3. The van der Waals surface area contributed by atoms with Crippen molar-refractivity contribution in [2.45, 2.75) is 67.7 Å². The van der Waals surface area contributed by atoms with Crippen molar-refractivity contribution < 1.29 is 0 Å². The summed E-state index contributed by atoms with van der Waals surface area (Å²) >= 11 is 6.11. The predicted molar refractivity (Wildman–Crippen MR) is 86.7 cm³/mol. The fraction of sp³-hybridized carbons (Fsp3) is 0.647. The maximum Gasteiger partial charge on any atom is 0.0440 e. The first-order chi connectivity index (χ1) is 8.52. The van der Waals surface area contributed by atoms with Crippen LogP contribution in [-0.2, 0) is 6.42 Å². The Morgan fingerprint density at radius 2 is 1.61 bits per heavy atom. The zero-order chi connectivity index (χ0) is 14.6. The second-order valence-corrected chi connectivity index (χ2v) is 5.08. The first-order valence-corrected chi connectivity index (χ1v) is 7.64. The SMILES string of the molecule is CC.CCC.Cc1cccc(Cl)c1CCC(C)C. The molecule has 0 saturated heterocycles. The van der Waals surface area contributed by atoms with Crippen LogP contribution in [0.1, 0.15) is 65.5 Å². The van der Waals surface area contributed by atoms with Crippen LogP contribution in [0, 0.1) is 12.8 Å². The molecule has 0 radical (unpaired) electrons. The summed E-state index contributed by atoms with van der Waals surface area (Å²) in [7, 11) is 0. The smallest absolute Gasteiger partial charge is 0.0440 e. The summed E-state index contributed by atoms with van der Waals surface area (Å²) in [6, 6.07) is 6.11. The summed E-state index contributed by atoms with van der Waals surface area (Å²) in [6.45, 7) is 14.9. The van der Waals surface area contributed by atoms with Gasteiger partial charge in [-0.1, -0.05) is 71.7 Å². The molecule has 0 aliphatic rings. The van der Waals surface area contributed by atoms with Gasteiger partial charge in [0.05, 0.1) is 0 Å². The Kier molecular flexibility index (Phi) is 14.3. The summed E-state index contributed by atoms with van der Waals surface area (Å²) in [4.78, 5) is 0. The summed E-state index contributed by atoms with van der Waals surface area (Å²) in [5.41, 5.74) is 2.63. The van der Waals surface area contributed by atoms with Gasteiger partial charge in [0.15, 0.2) is 0 Å². The Balaban J connectivity index is 0. The van der Waals surface area contributed by atoms with Crippen LogP contribution in [-0.4, -0.2) is 0 Å². The number of benzene rings is 1. The van der Waals surface area contributed by atoms with E-state index in [1.165, 1.54) is 24.0 Å². The molecule has 0 saturated carbocycles. The quantitative estimate of drug-likeness (QED) is 0.575. The third-order valence-electron chi connectivity index (χ3n) is 2.32. The second-order valence-electron chi connectivity index (χ2n) is 4.67. The molecule has 0 aromatic heterocycles. The van der Waals surface area contributed by atoms with Gasteiger partial charge >= 0.3 is 0 Å². The highest BCUT2D eigenvalue weighted by Crippen LogP contribution is 2.22. The molecule has 0 nitrogen and oxygen atoms in total. The molecule has 1 heteroatoms. The van der Waals surface area contributed by atoms with Crippen LogP contribution in [0.5, 0.6) is 0 Å². The van der Waals surface area contributed by atoms with E-state index in [9.17, 15) is 0 Å². The van der Waals surface area contributed by atoms with E-state index < -0.39 is 0 Å². The minimum Gasteiger partial charge on any atom is -0.0840 e. The van der Waals surface area contributed by atoms with Crippen LogP contribution in [0.2, 0.25) is 5.02 Å². The molecule has 1 aromatic carbocycles. The van der Waals surface area contributed by atoms with E-state index in [0.29, 0.717) is 0 Å². The average molecular weight is 271 g/mol. The minimum absolute atomic E-state index is 0.746. The fourth-order valence-corrected chi connectivity index (χ4v) is 1.73. The lowest BCUT2D eigenvalue weighted by molar-refractivity contribution is 0.586. The molecule has 0 heterocycles. The van der Waals surface area contributed by atoms with E-state index in [2.05, 4.69) is 40.7 Å². The average Bonchev–Trinajstić information content (AvgIpc) is 2.32. The Labute approximate surface area is 120 Å². The molecule has 0 aliphatic carbocycles. The van der Waals surface area contributed by atoms with Gasteiger partial charge in [0.25, 0.3) is 0 Å². The lowest BCUT2D eigenvalue weighted by atomic mass is 9.99. The van der Waals surface area contributed by atoms with Crippen molar-refractivity contribution in [3.8, 4) is 0 Å². The van der Waals surface area contributed by atoms with E-state index in [-0.39, 0.29) is 0 Å². The van der Waals surface area contributed by atoms with E-state index in [4.69, 9.17) is 11.6 Å². The zero-order valence-electron chi connectivity index (χ0n) is 13.3. The second kappa shape index (κ2) is 13.0. The van der Waals surface area contributed by atoms with Gasteiger partial charge in [0.2, 0.25) is 0 Å². The first kappa shape index (κ1) is 19.8. The molecule has 106 valence electrons. The van der Waals surface area contributed by atoms with Crippen molar-refractivity contribution in [3.63, 3.8) is 0 Å². The van der Waals surface area contributed by atoms with Crippen LogP contribution in [0.25, 0.3) is 0 Å². The van der Waals surface area contributed by atoms with Gasteiger partial charge in [0.1, 0.15) is 0 Å². The van der Waals surface area contributed by atoms with Crippen molar-refractivity contribution in [1.82, 2.24) is 0 Å². The Morgan fingerprint density at radius 1 is 1.11 bits per heavy atom. The van der Waals surface area contributed by atoms with Gasteiger partial charge in [-0.25, -0.2) is 0 Å². The predicted octanol–water partition coefficient (Wildman–Crippen LogP) is 6.68. The molecule has 0 aliphatic heterocycles. The molecular weight excluding hydrogens is 240 g/mol. The van der Waals surface area contributed by atoms with Crippen LogP contribution < -0.4 is 0 Å². The Bertz CT molecular complexity index is 269. The molecule has 0 N–H and O–H groups in total. The van der Waals surface area contributed by atoms with Crippen LogP contribution in [0.3, 0.4) is 0 Å². The van der Waals surface area contributed by atoms with Gasteiger partial charge in [-0.05, 0) is 42.9 Å². The van der Waals surface area contributed by atoms with E-state index in [1.54, 1.807) is 0 Å². The highest BCUT2D eigenvalue weighted by atomic mass is 35.5. The van der Waals surface area contributed by atoms with Crippen molar-refractivity contribution in [2.75, 3.05) is 0 Å². The molecule has 0 bridgehead atoms. The number of halogens is 1. The number of hydrogen-bond acceptors (Lipinski definition) is 0. The number of aryl methyl sites for hydroxylation is 1. The molecule has 0 amide bonds. The highest BCUT2D eigenvalue weighted by molar-refractivity contribution is 6.31. The van der Waals surface area contributed by atoms with E-state index in [1.807, 2.05) is 26.0 Å². The molecule has 1 rings (SSSR count). The monoisotopic (exact) mass is 270 g/mol. The number of hydrogen-bond donors (Lipinski definition) is 0. The Morgan fingerprint density at radius 3 is 2.00 bits per heavy atom. The third-order valence-corrected chi connectivity index (χ3v) is 2.68. The van der Waals surface area contributed by atoms with Gasteiger partial charge in [-0.3, -0.25) is 0 Å². The van der Waals surface area contributed by atoms with Crippen LogP contribution in [0.4, 0.5) is 0 Å². The molecule has 0 spiro atoms. The molecular formula is C17H31Cl. The van der Waals surface area contributed by atoms with Gasteiger partial charge in [0, 0.05) is 5.02 Å². The van der Waals surface area contributed by atoms with Gasteiger partial charge < -0.3 is 0 Å². The maximum atomic E-state index is 6.11. The topological polar surface area (TPSA) is 0 Å². The lowest BCUT2D eigenvalue weighted by Crippen LogP contribution is -1.95. The lowest BCUT2D eigenvalue weighted by Gasteiger charge is -2.09. The third kappa shape index (κ3) is 9.53. The minimum atomic E-state index is 0.746. The van der Waals surface area contributed by atoms with E-state index in [0.717, 1.165) is 17.4 Å². The molecule has 18 heavy (non-hydrogen) atoms. The van der Waals surface area contributed by atoms with Crippen molar-refractivity contribution >= 4 is 11.6 Å². The summed E-state index contributed by atoms with van der Waals surface area (Å²) in [6.07, 6.45) is 3.56. The maximum absolute atomic E-state index is 6.11. The number of rotatable bonds is 3. The van der Waals surface area contributed by atoms with Crippen molar-refractivity contribution in [3.05, 3.63) is 34.3 Å².